The molecule has 0 amide bonds. The molecule has 27 heavy (non-hydrogen) atoms. The number of ether oxygens (including phenoxy) is 2. The van der Waals surface area contributed by atoms with Crippen LogP contribution in [0, 0.1) is 12.3 Å². The monoisotopic (exact) mass is 392 g/mol. The molecule has 2 aromatic heterocycles. The van der Waals surface area contributed by atoms with E-state index in [-0.39, 0.29) is 5.82 Å². The summed E-state index contributed by atoms with van der Waals surface area (Å²) in [5.74, 6) is -1.13. The molecule has 0 spiro atoms. The number of nitrogens with zero attached hydrogens (tertiary/aromatic N) is 3. The SMILES string of the molecule is CCC(OC(=O)c1nc(-c2nc(SC)ncc2C)c[nH]1)OC(=O)C(C)(C)C. The molecule has 0 fully saturated rings. The van der Waals surface area contributed by atoms with E-state index < -0.39 is 23.6 Å². The predicted molar refractivity (Wildman–Crippen MR) is 101 cm³/mol. The molecule has 0 saturated carbocycles. The fourth-order valence-electron chi connectivity index (χ4n) is 1.99. The Balaban J connectivity index is 2.13. The number of aromatic amines is 1. The van der Waals surface area contributed by atoms with E-state index in [9.17, 15) is 9.59 Å². The summed E-state index contributed by atoms with van der Waals surface area (Å²) >= 11 is 1.42. The molecule has 2 heterocycles. The normalized spacial score (nSPS) is 12.5. The molecule has 1 unspecified atom stereocenters. The minimum absolute atomic E-state index is 0.0129. The van der Waals surface area contributed by atoms with Crippen molar-refractivity contribution < 1.29 is 19.1 Å². The van der Waals surface area contributed by atoms with Crippen LogP contribution in [0.5, 0.6) is 0 Å². The molecule has 0 aromatic carbocycles. The second-order valence-electron chi connectivity index (χ2n) is 6.92. The number of nitrogens with one attached hydrogen (secondary N) is 1. The first-order chi connectivity index (χ1) is 12.7. The highest BCUT2D eigenvalue weighted by Gasteiger charge is 2.28. The summed E-state index contributed by atoms with van der Waals surface area (Å²) in [6.45, 7) is 8.82. The van der Waals surface area contributed by atoms with Crippen molar-refractivity contribution in [3.8, 4) is 11.4 Å². The molecule has 9 heteroatoms. The predicted octanol–water partition coefficient (Wildman–Crippen LogP) is 3.38. The molecule has 8 nitrogen and oxygen atoms in total. The first-order valence-corrected chi connectivity index (χ1v) is 9.73. The zero-order chi connectivity index (χ0) is 20.2. The number of H-pyrrole nitrogens is 1. The van der Waals surface area contributed by atoms with Crippen LogP contribution in [0.3, 0.4) is 0 Å². The van der Waals surface area contributed by atoms with Crippen molar-refractivity contribution in [2.45, 2.75) is 52.5 Å². The summed E-state index contributed by atoms with van der Waals surface area (Å²) in [6, 6.07) is 0. The molecule has 2 rings (SSSR count). The second kappa shape index (κ2) is 8.51. The van der Waals surface area contributed by atoms with Crippen LogP contribution in [0.1, 0.15) is 50.3 Å². The Morgan fingerprint density at radius 1 is 1.26 bits per heavy atom. The van der Waals surface area contributed by atoms with Gasteiger partial charge in [-0.15, -0.1) is 0 Å². The smallest absolute Gasteiger partial charge is 0.377 e. The second-order valence-corrected chi connectivity index (χ2v) is 7.69. The fraction of sp³-hybridized carbons (Fsp3) is 0.500. The summed E-state index contributed by atoms with van der Waals surface area (Å²) in [5.41, 5.74) is 1.30. The number of carbonyl (C=O) groups excluding carboxylic acids is 2. The summed E-state index contributed by atoms with van der Waals surface area (Å²) in [7, 11) is 0. The molecule has 0 aliphatic rings. The van der Waals surface area contributed by atoms with E-state index in [1.54, 1.807) is 40.1 Å². The van der Waals surface area contributed by atoms with Crippen molar-refractivity contribution in [2.75, 3.05) is 6.26 Å². The molecule has 146 valence electrons. The minimum Gasteiger partial charge on any atom is -0.425 e. The molecule has 1 N–H and O–H groups in total. The average Bonchev–Trinajstić information content (AvgIpc) is 3.10. The van der Waals surface area contributed by atoms with Crippen molar-refractivity contribution in [2.24, 2.45) is 5.41 Å². The molecular weight excluding hydrogens is 368 g/mol. The van der Waals surface area contributed by atoms with Crippen molar-refractivity contribution in [1.29, 1.82) is 0 Å². The van der Waals surface area contributed by atoms with E-state index in [1.165, 1.54) is 11.8 Å². The third kappa shape index (κ3) is 5.29. The Labute approximate surface area is 162 Å². The van der Waals surface area contributed by atoms with Crippen LogP contribution in [0.25, 0.3) is 11.4 Å². The quantitative estimate of drug-likeness (QED) is 0.345. The number of hydrogen-bond acceptors (Lipinski definition) is 8. The van der Waals surface area contributed by atoms with Crippen LogP contribution in [-0.4, -0.2) is 44.4 Å². The van der Waals surface area contributed by atoms with Gasteiger partial charge in [-0.05, 0) is 39.5 Å². The summed E-state index contributed by atoms with van der Waals surface area (Å²) < 4.78 is 10.5. The van der Waals surface area contributed by atoms with Crippen molar-refractivity contribution in [3.05, 3.63) is 23.8 Å². The van der Waals surface area contributed by atoms with Crippen LogP contribution < -0.4 is 0 Å². The van der Waals surface area contributed by atoms with Gasteiger partial charge in [-0.25, -0.2) is 19.7 Å². The lowest BCUT2D eigenvalue weighted by Crippen LogP contribution is -2.31. The summed E-state index contributed by atoms with van der Waals surface area (Å²) in [6.07, 6.45) is 4.54. The fourth-order valence-corrected chi connectivity index (χ4v) is 2.33. The van der Waals surface area contributed by atoms with Gasteiger partial charge in [-0.3, -0.25) is 4.79 Å². The van der Waals surface area contributed by atoms with Crippen molar-refractivity contribution >= 4 is 23.7 Å². The third-order valence-electron chi connectivity index (χ3n) is 3.57. The molecule has 0 aliphatic heterocycles. The molecule has 0 radical (unpaired) electrons. The highest BCUT2D eigenvalue weighted by molar-refractivity contribution is 7.98. The number of esters is 2. The van der Waals surface area contributed by atoms with E-state index in [0.29, 0.717) is 23.0 Å². The van der Waals surface area contributed by atoms with Gasteiger partial charge in [0.1, 0.15) is 5.69 Å². The molecule has 0 bridgehead atoms. The first kappa shape index (κ1) is 20.9. The van der Waals surface area contributed by atoms with Gasteiger partial charge in [0, 0.05) is 18.8 Å². The van der Waals surface area contributed by atoms with E-state index in [0.717, 1.165) is 5.56 Å². The van der Waals surface area contributed by atoms with Gasteiger partial charge >= 0.3 is 11.9 Å². The highest BCUT2D eigenvalue weighted by Crippen LogP contribution is 2.22. The van der Waals surface area contributed by atoms with E-state index in [1.807, 2.05) is 13.2 Å². The lowest BCUT2D eigenvalue weighted by atomic mass is 9.97. The molecule has 1 atom stereocenters. The van der Waals surface area contributed by atoms with Gasteiger partial charge < -0.3 is 14.5 Å². The maximum Gasteiger partial charge on any atom is 0.377 e. The molecule has 0 saturated heterocycles. The van der Waals surface area contributed by atoms with Crippen LogP contribution in [0.4, 0.5) is 0 Å². The van der Waals surface area contributed by atoms with Gasteiger partial charge in [-0.2, -0.15) is 0 Å². The van der Waals surface area contributed by atoms with Crippen molar-refractivity contribution in [1.82, 2.24) is 19.9 Å². The van der Waals surface area contributed by atoms with Crippen LogP contribution in [0.2, 0.25) is 0 Å². The van der Waals surface area contributed by atoms with Gasteiger partial charge in [0.2, 0.25) is 12.1 Å². The molecular formula is C18H24N4O4S. The number of carbonyl (C=O) groups is 2. The molecule has 2 aromatic rings. The van der Waals surface area contributed by atoms with E-state index in [2.05, 4.69) is 19.9 Å². The number of hydrogen-bond donors (Lipinski definition) is 1. The zero-order valence-corrected chi connectivity index (χ0v) is 17.1. The number of thioether (sulfide) groups is 1. The third-order valence-corrected chi connectivity index (χ3v) is 4.13. The lowest BCUT2D eigenvalue weighted by Gasteiger charge is -2.22. The van der Waals surface area contributed by atoms with Gasteiger partial charge in [0.25, 0.3) is 0 Å². The Hall–Kier alpha value is -2.42. The Morgan fingerprint density at radius 2 is 1.96 bits per heavy atom. The zero-order valence-electron chi connectivity index (χ0n) is 16.3. The standard InChI is InChI=1S/C18H24N4O4S/c1-7-12(26-16(24)18(3,4)5)25-15(23)14-19-9-11(21-14)13-10(2)8-20-17(22-13)27-6/h8-9,12H,7H2,1-6H3,(H,19,21). The van der Waals surface area contributed by atoms with Crippen LogP contribution in [-0.2, 0) is 14.3 Å². The Bertz CT molecular complexity index is 829. The lowest BCUT2D eigenvalue weighted by molar-refractivity contribution is -0.178. The maximum atomic E-state index is 12.4. The van der Waals surface area contributed by atoms with Crippen molar-refractivity contribution in [3.63, 3.8) is 0 Å². The van der Waals surface area contributed by atoms with E-state index >= 15 is 0 Å². The average molecular weight is 392 g/mol. The molecule has 0 aliphatic carbocycles. The number of aromatic nitrogens is 4. The summed E-state index contributed by atoms with van der Waals surface area (Å²) in [5, 5.41) is 0.614. The van der Waals surface area contributed by atoms with Crippen LogP contribution in [0.15, 0.2) is 17.6 Å². The highest BCUT2D eigenvalue weighted by atomic mass is 32.2. The van der Waals surface area contributed by atoms with Gasteiger partial charge in [0.15, 0.2) is 5.16 Å². The largest absolute Gasteiger partial charge is 0.425 e. The maximum absolute atomic E-state index is 12.4. The number of rotatable bonds is 6. The number of imidazole rings is 1. The minimum atomic E-state index is -0.971. The Kier molecular flexibility index (Phi) is 6.59. The first-order valence-electron chi connectivity index (χ1n) is 8.51. The topological polar surface area (TPSA) is 107 Å². The number of aryl methyl sites for hydroxylation is 1. The van der Waals surface area contributed by atoms with E-state index in [4.69, 9.17) is 9.47 Å². The van der Waals surface area contributed by atoms with Gasteiger partial charge in [-0.1, -0.05) is 18.7 Å². The van der Waals surface area contributed by atoms with Gasteiger partial charge in [0.05, 0.1) is 11.1 Å². The Morgan fingerprint density at radius 3 is 2.56 bits per heavy atom. The van der Waals surface area contributed by atoms with Crippen LogP contribution >= 0.6 is 11.8 Å². The summed E-state index contributed by atoms with van der Waals surface area (Å²) in [4.78, 5) is 40.0.